The second-order valence-electron chi connectivity index (χ2n) is 6.28. The Balaban J connectivity index is 2.03. The Morgan fingerprint density at radius 2 is 2.00 bits per heavy atom. The number of hydrogen-bond acceptors (Lipinski definition) is 4. The molecule has 0 aliphatic carbocycles. The highest BCUT2D eigenvalue weighted by Gasteiger charge is 2.19. The first kappa shape index (κ1) is 16.2. The van der Waals surface area contributed by atoms with Gasteiger partial charge in [-0.05, 0) is 32.9 Å². The summed E-state index contributed by atoms with van der Waals surface area (Å²) in [5.74, 6) is 0. The lowest BCUT2D eigenvalue weighted by Crippen LogP contribution is -2.44. The molecule has 118 valence electrons. The number of hydrogen-bond donors (Lipinski definition) is 2. The lowest BCUT2D eigenvalue weighted by Gasteiger charge is -2.23. The van der Waals surface area contributed by atoms with Crippen molar-refractivity contribution < 1.29 is 9.53 Å². The van der Waals surface area contributed by atoms with E-state index in [9.17, 15) is 4.79 Å². The van der Waals surface area contributed by atoms with E-state index in [0.29, 0.717) is 13.0 Å². The number of nitrogens with zero attached hydrogens (tertiary/aromatic N) is 1. The Bertz CT molecular complexity index is 650. The fourth-order valence-corrected chi connectivity index (χ4v) is 2.14. The van der Waals surface area contributed by atoms with Crippen molar-refractivity contribution in [3.05, 3.63) is 42.1 Å². The molecular formula is C17H23N3O2. The summed E-state index contributed by atoms with van der Waals surface area (Å²) >= 11 is 0. The van der Waals surface area contributed by atoms with E-state index in [1.807, 2.05) is 57.2 Å². The highest BCUT2D eigenvalue weighted by atomic mass is 16.6. The topological polar surface area (TPSA) is 77.2 Å². The molecule has 3 N–H and O–H groups in total. The maximum absolute atomic E-state index is 11.8. The van der Waals surface area contributed by atoms with Gasteiger partial charge >= 0.3 is 6.09 Å². The zero-order valence-corrected chi connectivity index (χ0v) is 13.3. The summed E-state index contributed by atoms with van der Waals surface area (Å²) in [5.41, 5.74) is 7.06. The molecule has 1 aromatic heterocycles. The number of alkyl carbamates (subject to hydrolysis) is 1. The molecule has 0 fully saturated rings. The Hall–Kier alpha value is -2.14. The number of benzene rings is 1. The fourth-order valence-electron chi connectivity index (χ4n) is 2.14. The molecule has 1 unspecified atom stereocenters. The van der Waals surface area contributed by atoms with Crippen LogP contribution in [0.25, 0.3) is 10.9 Å². The van der Waals surface area contributed by atoms with Gasteiger partial charge < -0.3 is 15.8 Å². The molecule has 0 aliphatic rings. The SMILES string of the molecule is CC(C)(C)OC(=O)NC(CN)Cc1ccc2ccccc2n1. The number of fused-ring (bicyclic) bond motifs is 1. The van der Waals surface area contributed by atoms with Crippen LogP contribution in [0.1, 0.15) is 26.5 Å². The quantitative estimate of drug-likeness (QED) is 0.910. The Morgan fingerprint density at radius 3 is 2.68 bits per heavy atom. The zero-order chi connectivity index (χ0) is 16.2. The maximum atomic E-state index is 11.8. The molecule has 22 heavy (non-hydrogen) atoms. The van der Waals surface area contributed by atoms with Crippen LogP contribution in [0.2, 0.25) is 0 Å². The summed E-state index contributed by atoms with van der Waals surface area (Å²) < 4.78 is 5.25. The van der Waals surface area contributed by atoms with E-state index in [-0.39, 0.29) is 6.04 Å². The number of pyridine rings is 1. The van der Waals surface area contributed by atoms with Crippen LogP contribution >= 0.6 is 0 Å². The van der Waals surface area contributed by atoms with Crippen LogP contribution in [0.5, 0.6) is 0 Å². The third-order valence-electron chi connectivity index (χ3n) is 3.12. The molecule has 5 heteroatoms. The first-order valence-electron chi connectivity index (χ1n) is 7.41. The molecule has 0 saturated carbocycles. The van der Waals surface area contributed by atoms with E-state index in [1.165, 1.54) is 0 Å². The second-order valence-corrected chi connectivity index (χ2v) is 6.28. The summed E-state index contributed by atoms with van der Waals surface area (Å²) in [5, 5.41) is 3.89. The number of nitrogens with one attached hydrogen (secondary N) is 1. The summed E-state index contributed by atoms with van der Waals surface area (Å²) in [7, 11) is 0. The van der Waals surface area contributed by atoms with E-state index in [1.54, 1.807) is 0 Å². The van der Waals surface area contributed by atoms with Gasteiger partial charge in [-0.25, -0.2) is 4.79 Å². The molecular weight excluding hydrogens is 278 g/mol. The number of ether oxygens (including phenoxy) is 1. The minimum atomic E-state index is -0.523. The molecule has 0 bridgehead atoms. The average Bonchev–Trinajstić information content (AvgIpc) is 2.44. The van der Waals surface area contributed by atoms with Gasteiger partial charge in [0, 0.05) is 30.1 Å². The van der Waals surface area contributed by atoms with Gasteiger partial charge in [0.1, 0.15) is 5.60 Å². The van der Waals surface area contributed by atoms with Gasteiger partial charge in [-0.2, -0.15) is 0 Å². The van der Waals surface area contributed by atoms with Crippen molar-refractivity contribution in [3.63, 3.8) is 0 Å². The predicted molar refractivity (Wildman–Crippen MR) is 87.7 cm³/mol. The number of para-hydroxylation sites is 1. The summed E-state index contributed by atoms with van der Waals surface area (Å²) in [6.07, 6.45) is 0.115. The van der Waals surface area contributed by atoms with Crippen molar-refractivity contribution in [3.8, 4) is 0 Å². The van der Waals surface area contributed by atoms with Crippen LogP contribution in [0.3, 0.4) is 0 Å². The molecule has 2 aromatic rings. The number of nitrogens with two attached hydrogens (primary N) is 1. The minimum Gasteiger partial charge on any atom is -0.444 e. The summed E-state index contributed by atoms with van der Waals surface area (Å²) in [6, 6.07) is 11.7. The first-order chi connectivity index (χ1) is 10.4. The van der Waals surface area contributed by atoms with Gasteiger partial charge in [0.25, 0.3) is 0 Å². The maximum Gasteiger partial charge on any atom is 0.407 e. The van der Waals surface area contributed by atoms with Gasteiger partial charge in [-0.1, -0.05) is 24.3 Å². The highest BCUT2D eigenvalue weighted by Crippen LogP contribution is 2.13. The smallest absolute Gasteiger partial charge is 0.407 e. The largest absolute Gasteiger partial charge is 0.444 e. The Labute approximate surface area is 130 Å². The molecule has 0 aliphatic heterocycles. The first-order valence-corrected chi connectivity index (χ1v) is 7.41. The molecule has 0 spiro atoms. The van der Waals surface area contributed by atoms with Crippen LogP contribution in [-0.2, 0) is 11.2 Å². The fraction of sp³-hybridized carbons (Fsp3) is 0.412. The number of aromatic nitrogens is 1. The van der Waals surface area contributed by atoms with Crippen molar-refractivity contribution in [2.75, 3.05) is 6.54 Å². The monoisotopic (exact) mass is 301 g/mol. The lowest BCUT2D eigenvalue weighted by atomic mass is 10.1. The van der Waals surface area contributed by atoms with Crippen LogP contribution in [-0.4, -0.2) is 29.3 Å². The van der Waals surface area contributed by atoms with Crippen molar-refractivity contribution in [2.24, 2.45) is 5.73 Å². The molecule has 1 atom stereocenters. The molecule has 0 saturated heterocycles. The van der Waals surface area contributed by atoms with Crippen molar-refractivity contribution >= 4 is 17.0 Å². The Kier molecular flexibility index (Phi) is 4.98. The highest BCUT2D eigenvalue weighted by molar-refractivity contribution is 5.78. The minimum absolute atomic E-state index is 0.205. The lowest BCUT2D eigenvalue weighted by molar-refractivity contribution is 0.0506. The average molecular weight is 301 g/mol. The molecule has 1 aromatic carbocycles. The zero-order valence-electron chi connectivity index (χ0n) is 13.3. The second kappa shape index (κ2) is 6.75. The van der Waals surface area contributed by atoms with Gasteiger partial charge in [-0.3, -0.25) is 4.98 Å². The van der Waals surface area contributed by atoms with Crippen LogP contribution in [0.4, 0.5) is 4.79 Å². The molecule has 1 amide bonds. The normalized spacial score (nSPS) is 12.9. The molecule has 1 heterocycles. The summed E-state index contributed by atoms with van der Waals surface area (Å²) in [4.78, 5) is 16.4. The number of amides is 1. The van der Waals surface area contributed by atoms with Crippen molar-refractivity contribution in [2.45, 2.75) is 38.8 Å². The third-order valence-corrected chi connectivity index (χ3v) is 3.12. The van der Waals surface area contributed by atoms with E-state index < -0.39 is 11.7 Å². The van der Waals surface area contributed by atoms with Crippen LogP contribution in [0.15, 0.2) is 36.4 Å². The van der Waals surface area contributed by atoms with E-state index in [2.05, 4.69) is 10.3 Å². The van der Waals surface area contributed by atoms with Crippen molar-refractivity contribution in [1.82, 2.24) is 10.3 Å². The number of carbonyl (C=O) groups is 1. The summed E-state index contributed by atoms with van der Waals surface area (Å²) in [6.45, 7) is 5.81. The standard InChI is InChI=1S/C17H23N3O2/c1-17(2,3)22-16(21)20-14(11-18)10-13-9-8-12-6-4-5-7-15(12)19-13/h4-9,14H,10-11,18H2,1-3H3,(H,20,21). The van der Waals surface area contributed by atoms with E-state index >= 15 is 0 Å². The number of rotatable bonds is 4. The van der Waals surface area contributed by atoms with Gasteiger partial charge in [0.2, 0.25) is 0 Å². The van der Waals surface area contributed by atoms with E-state index in [0.717, 1.165) is 16.6 Å². The third kappa shape index (κ3) is 4.70. The van der Waals surface area contributed by atoms with Gasteiger partial charge in [0.05, 0.1) is 5.52 Å². The van der Waals surface area contributed by atoms with Crippen LogP contribution < -0.4 is 11.1 Å². The number of carbonyl (C=O) groups excluding carboxylic acids is 1. The van der Waals surface area contributed by atoms with Crippen LogP contribution in [0, 0.1) is 0 Å². The van der Waals surface area contributed by atoms with E-state index in [4.69, 9.17) is 10.5 Å². The van der Waals surface area contributed by atoms with Gasteiger partial charge in [0.15, 0.2) is 0 Å². The molecule has 0 radical (unpaired) electrons. The van der Waals surface area contributed by atoms with Gasteiger partial charge in [-0.15, -0.1) is 0 Å². The predicted octanol–water partition coefficient (Wildman–Crippen LogP) is 2.63. The molecule has 2 rings (SSSR count). The van der Waals surface area contributed by atoms with Crippen molar-refractivity contribution in [1.29, 1.82) is 0 Å². The molecule has 5 nitrogen and oxygen atoms in total. The Morgan fingerprint density at radius 1 is 1.27 bits per heavy atom.